The molecule has 1 spiro atoms. The molecule has 1 aliphatic carbocycles. The van der Waals surface area contributed by atoms with Crippen molar-refractivity contribution in [2.45, 2.75) is 45.6 Å². The molecule has 4 amide bonds. The summed E-state index contributed by atoms with van der Waals surface area (Å²) in [6.07, 6.45) is 2.15. The second-order valence-corrected chi connectivity index (χ2v) is 8.87. The fourth-order valence-electron chi connectivity index (χ4n) is 4.88. The first-order valence-electron chi connectivity index (χ1n) is 9.75. The van der Waals surface area contributed by atoms with E-state index >= 15 is 0 Å². The smallest absolute Gasteiger partial charge is 0.325 e. The maximum Gasteiger partial charge on any atom is 0.325 e. The number of urea groups is 1. The van der Waals surface area contributed by atoms with Gasteiger partial charge in [-0.1, -0.05) is 20.8 Å². The highest BCUT2D eigenvalue weighted by atomic mass is 16.5. The van der Waals surface area contributed by atoms with Gasteiger partial charge in [0.2, 0.25) is 5.91 Å². The predicted octanol–water partition coefficient (Wildman–Crippen LogP) is 2.78. The van der Waals surface area contributed by atoms with Crippen LogP contribution in [0.4, 0.5) is 10.5 Å². The highest BCUT2D eigenvalue weighted by molar-refractivity contribution is 6.10. The number of anilines is 1. The lowest BCUT2D eigenvalue weighted by Gasteiger charge is -2.43. The van der Waals surface area contributed by atoms with E-state index in [1.54, 1.807) is 18.2 Å². The van der Waals surface area contributed by atoms with Gasteiger partial charge < -0.3 is 20.1 Å². The third-order valence-corrected chi connectivity index (χ3v) is 5.61. The van der Waals surface area contributed by atoms with E-state index in [0.29, 0.717) is 35.9 Å². The Morgan fingerprint density at radius 2 is 1.97 bits per heavy atom. The molecule has 2 atom stereocenters. The number of hydrogen-bond donors (Lipinski definition) is 2. The Kier molecular flexibility index (Phi) is 5.47. The zero-order valence-electron chi connectivity index (χ0n) is 17.6. The van der Waals surface area contributed by atoms with Gasteiger partial charge in [-0.05, 0) is 42.7 Å². The number of nitrogens with zero attached hydrogens (tertiary/aromatic N) is 1. The largest absolute Gasteiger partial charge is 0.497 e. The van der Waals surface area contributed by atoms with Gasteiger partial charge in [-0.25, -0.2) is 4.79 Å². The number of ether oxygens (including phenoxy) is 2. The number of benzene rings is 1. The average Bonchev–Trinajstić information content (AvgIpc) is 2.83. The molecule has 1 aromatic carbocycles. The third-order valence-electron chi connectivity index (χ3n) is 5.61. The van der Waals surface area contributed by atoms with Crippen molar-refractivity contribution in [2.24, 2.45) is 11.3 Å². The van der Waals surface area contributed by atoms with Gasteiger partial charge in [0, 0.05) is 6.07 Å². The van der Waals surface area contributed by atoms with Crippen LogP contribution in [0.1, 0.15) is 40.0 Å². The highest BCUT2D eigenvalue weighted by Crippen LogP contribution is 2.46. The normalized spacial score (nSPS) is 25.7. The Bertz CT molecular complexity index is 838. The summed E-state index contributed by atoms with van der Waals surface area (Å²) in [4.78, 5) is 39.3. The van der Waals surface area contributed by atoms with Crippen LogP contribution in [0.3, 0.4) is 0 Å². The van der Waals surface area contributed by atoms with Crippen LogP contribution in [0.25, 0.3) is 0 Å². The Labute approximate surface area is 170 Å². The number of carbonyl (C=O) groups excluding carboxylic acids is 3. The minimum Gasteiger partial charge on any atom is -0.497 e. The third kappa shape index (κ3) is 4.16. The van der Waals surface area contributed by atoms with Crippen molar-refractivity contribution in [2.75, 3.05) is 26.1 Å². The van der Waals surface area contributed by atoms with Gasteiger partial charge in [-0.2, -0.15) is 0 Å². The van der Waals surface area contributed by atoms with E-state index in [-0.39, 0.29) is 17.9 Å². The van der Waals surface area contributed by atoms with Crippen LogP contribution in [0.5, 0.6) is 11.5 Å². The zero-order chi connectivity index (χ0) is 21.4. The predicted molar refractivity (Wildman–Crippen MR) is 108 cm³/mol. The van der Waals surface area contributed by atoms with Crippen LogP contribution < -0.4 is 20.1 Å². The first-order chi connectivity index (χ1) is 13.6. The van der Waals surface area contributed by atoms with Crippen LogP contribution >= 0.6 is 0 Å². The molecule has 8 nitrogen and oxygen atoms in total. The molecule has 0 bridgehead atoms. The summed E-state index contributed by atoms with van der Waals surface area (Å²) in [5.74, 6) is 0.524. The molecule has 1 heterocycles. The Balaban J connectivity index is 1.73. The van der Waals surface area contributed by atoms with Crippen molar-refractivity contribution in [3.63, 3.8) is 0 Å². The van der Waals surface area contributed by atoms with Crippen molar-refractivity contribution in [3.8, 4) is 11.5 Å². The fraction of sp³-hybridized carbons (Fsp3) is 0.571. The van der Waals surface area contributed by atoms with Crippen LogP contribution in [0, 0.1) is 11.3 Å². The summed E-state index contributed by atoms with van der Waals surface area (Å²) < 4.78 is 10.4. The molecular formula is C21H29N3O5. The Morgan fingerprint density at radius 3 is 2.59 bits per heavy atom. The van der Waals surface area contributed by atoms with Crippen molar-refractivity contribution >= 4 is 23.5 Å². The van der Waals surface area contributed by atoms with Crippen molar-refractivity contribution in [1.82, 2.24) is 10.2 Å². The standard InChI is InChI=1S/C21H29N3O5/c1-13-9-20(2,3)12-21(10-13)18(26)24(19(27)23-21)11-17(25)22-15-7-6-14(28-4)8-16(15)29-5/h6-8,13H,9-12H2,1-5H3,(H,22,25)(H,23,27)/t13-,21+/m0/s1. The van der Waals surface area contributed by atoms with Crippen molar-refractivity contribution in [1.29, 1.82) is 0 Å². The molecule has 1 saturated heterocycles. The van der Waals surface area contributed by atoms with Crippen LogP contribution in [-0.4, -0.2) is 49.0 Å². The van der Waals surface area contributed by atoms with Gasteiger partial charge in [-0.3, -0.25) is 14.5 Å². The molecule has 1 aromatic rings. The van der Waals surface area contributed by atoms with E-state index in [0.717, 1.165) is 11.3 Å². The van der Waals surface area contributed by atoms with Gasteiger partial charge >= 0.3 is 6.03 Å². The minimum absolute atomic E-state index is 0.0602. The monoisotopic (exact) mass is 403 g/mol. The van der Waals surface area contributed by atoms with Crippen molar-refractivity contribution < 1.29 is 23.9 Å². The van der Waals surface area contributed by atoms with Gasteiger partial charge in [-0.15, -0.1) is 0 Å². The molecule has 2 N–H and O–H groups in total. The first kappa shape index (κ1) is 21.0. The second kappa shape index (κ2) is 7.57. The SMILES string of the molecule is COc1ccc(NC(=O)CN2C(=O)N[C@@]3(C[C@@H](C)CC(C)(C)C3)C2=O)c(OC)c1. The molecule has 0 unspecified atom stereocenters. The maximum atomic E-state index is 13.1. The molecule has 2 fully saturated rings. The molecule has 8 heteroatoms. The van der Waals surface area contributed by atoms with Gasteiger partial charge in [0.15, 0.2) is 0 Å². The molecule has 0 aromatic heterocycles. The summed E-state index contributed by atoms with van der Waals surface area (Å²) in [5, 5.41) is 5.58. The maximum absolute atomic E-state index is 13.1. The lowest BCUT2D eigenvalue weighted by molar-refractivity contribution is -0.136. The van der Waals surface area contributed by atoms with E-state index in [2.05, 4.69) is 31.4 Å². The Morgan fingerprint density at radius 1 is 1.24 bits per heavy atom. The summed E-state index contributed by atoms with van der Waals surface area (Å²) in [5.41, 5.74) is -0.543. The summed E-state index contributed by atoms with van der Waals surface area (Å²) in [7, 11) is 3.02. The average molecular weight is 403 g/mol. The van der Waals surface area contributed by atoms with E-state index < -0.39 is 17.5 Å². The van der Waals surface area contributed by atoms with E-state index in [1.165, 1.54) is 14.2 Å². The van der Waals surface area contributed by atoms with Crippen LogP contribution in [-0.2, 0) is 9.59 Å². The molecule has 29 heavy (non-hydrogen) atoms. The topological polar surface area (TPSA) is 97.0 Å². The molecule has 1 aliphatic heterocycles. The number of methoxy groups -OCH3 is 2. The summed E-state index contributed by atoms with van der Waals surface area (Å²) in [6, 6.07) is 4.46. The van der Waals surface area contributed by atoms with E-state index in [9.17, 15) is 14.4 Å². The molecule has 2 aliphatic rings. The second-order valence-electron chi connectivity index (χ2n) is 8.87. The highest BCUT2D eigenvalue weighted by Gasteiger charge is 2.56. The van der Waals surface area contributed by atoms with Crippen LogP contribution in [0.15, 0.2) is 18.2 Å². The number of hydrogen-bond acceptors (Lipinski definition) is 5. The summed E-state index contributed by atoms with van der Waals surface area (Å²) in [6.45, 7) is 5.95. The zero-order valence-corrected chi connectivity index (χ0v) is 17.6. The lowest BCUT2D eigenvalue weighted by atomic mass is 9.64. The van der Waals surface area contributed by atoms with Gasteiger partial charge in [0.1, 0.15) is 23.6 Å². The minimum atomic E-state index is -0.920. The summed E-state index contributed by atoms with van der Waals surface area (Å²) >= 11 is 0. The molecule has 3 rings (SSSR count). The molecule has 158 valence electrons. The molecule has 0 radical (unpaired) electrons. The fourth-order valence-corrected chi connectivity index (χ4v) is 4.88. The molecular weight excluding hydrogens is 374 g/mol. The Hall–Kier alpha value is -2.77. The molecule has 1 saturated carbocycles. The van der Waals surface area contributed by atoms with Crippen molar-refractivity contribution in [3.05, 3.63) is 18.2 Å². The number of amides is 4. The van der Waals surface area contributed by atoms with Crippen LogP contribution in [0.2, 0.25) is 0 Å². The number of rotatable bonds is 5. The quantitative estimate of drug-likeness (QED) is 0.737. The number of nitrogens with one attached hydrogen (secondary N) is 2. The van der Waals surface area contributed by atoms with Gasteiger partial charge in [0.25, 0.3) is 5.91 Å². The van der Waals surface area contributed by atoms with E-state index in [1.807, 2.05) is 0 Å². The van der Waals surface area contributed by atoms with Gasteiger partial charge in [0.05, 0.1) is 19.9 Å². The number of imide groups is 1. The lowest BCUT2D eigenvalue weighted by Crippen LogP contribution is -2.54. The van der Waals surface area contributed by atoms with E-state index in [4.69, 9.17) is 9.47 Å². The first-order valence-corrected chi connectivity index (χ1v) is 9.75. The number of carbonyl (C=O) groups is 3.